The lowest BCUT2D eigenvalue weighted by molar-refractivity contribution is 0.277. The van der Waals surface area contributed by atoms with Gasteiger partial charge in [0.05, 0.1) is 34.6 Å². The van der Waals surface area contributed by atoms with Crippen LogP contribution in [0.15, 0.2) is 53.9 Å². The number of fused-ring (bicyclic) bond motifs is 3. The third kappa shape index (κ3) is 2.88. The number of aromatic amines is 1. The van der Waals surface area contributed by atoms with Gasteiger partial charge in [0.1, 0.15) is 11.2 Å². The lowest BCUT2D eigenvalue weighted by Crippen LogP contribution is -2.38. The minimum absolute atomic E-state index is 0.174. The van der Waals surface area contributed by atoms with E-state index in [0.29, 0.717) is 31.5 Å². The van der Waals surface area contributed by atoms with Crippen LogP contribution in [0.2, 0.25) is 0 Å². The minimum atomic E-state index is -3.56. The molecule has 0 saturated carbocycles. The molecule has 3 aromatic heterocycles. The maximum absolute atomic E-state index is 12.9. The van der Waals surface area contributed by atoms with Crippen LogP contribution in [0.5, 0.6) is 0 Å². The van der Waals surface area contributed by atoms with Crippen molar-refractivity contribution in [2.75, 3.05) is 13.1 Å². The molecule has 0 atom stereocenters. The Morgan fingerprint density at radius 3 is 2.59 bits per heavy atom. The molecule has 1 aliphatic rings. The zero-order valence-electron chi connectivity index (χ0n) is 15.5. The lowest BCUT2D eigenvalue weighted by Gasteiger charge is -2.32. The van der Waals surface area contributed by atoms with Gasteiger partial charge in [0, 0.05) is 30.7 Å². The average molecular weight is 406 g/mol. The minimum Gasteiger partial charge on any atom is -0.346 e. The number of aromatic nitrogens is 4. The number of piperidine rings is 1. The third-order valence-corrected chi connectivity index (χ3v) is 7.47. The Morgan fingerprint density at radius 1 is 1.10 bits per heavy atom. The highest BCUT2D eigenvalue weighted by Crippen LogP contribution is 2.31. The van der Waals surface area contributed by atoms with E-state index in [2.05, 4.69) is 19.5 Å². The van der Waals surface area contributed by atoms with Crippen molar-refractivity contribution in [2.45, 2.75) is 23.8 Å². The van der Waals surface area contributed by atoms with Gasteiger partial charge in [-0.2, -0.15) is 9.57 Å². The largest absolute Gasteiger partial charge is 0.346 e. The van der Waals surface area contributed by atoms with Crippen molar-refractivity contribution in [3.8, 4) is 6.07 Å². The molecule has 0 unspecified atom stereocenters. The third-order valence-electron chi connectivity index (χ3n) is 5.56. The SMILES string of the molecule is N#Cc1ccc(S(=O)(=O)N2CCC(n3cnc4cnc5[nH]ccc5c43)CC2)cc1. The van der Waals surface area contributed by atoms with E-state index in [9.17, 15) is 8.42 Å². The fraction of sp³-hybridized carbons (Fsp3) is 0.250. The van der Waals surface area contributed by atoms with Crippen LogP contribution in [0.25, 0.3) is 22.1 Å². The number of nitrogens with one attached hydrogen (secondary N) is 1. The Hall–Kier alpha value is -3.22. The van der Waals surface area contributed by atoms with Crippen molar-refractivity contribution in [3.05, 3.63) is 54.6 Å². The number of hydrogen-bond donors (Lipinski definition) is 1. The zero-order chi connectivity index (χ0) is 20.0. The van der Waals surface area contributed by atoms with Crippen molar-refractivity contribution in [1.29, 1.82) is 5.26 Å². The molecule has 1 aliphatic heterocycles. The number of H-pyrrole nitrogens is 1. The van der Waals surface area contributed by atoms with E-state index in [4.69, 9.17) is 5.26 Å². The Morgan fingerprint density at radius 2 is 1.86 bits per heavy atom. The first-order valence-corrected chi connectivity index (χ1v) is 10.8. The number of nitrogens with zero attached hydrogens (tertiary/aromatic N) is 5. The maximum atomic E-state index is 12.9. The Balaban J connectivity index is 1.40. The molecular formula is C20H18N6O2S. The summed E-state index contributed by atoms with van der Waals surface area (Å²) < 4.78 is 29.6. The molecule has 1 N–H and O–H groups in total. The number of nitriles is 1. The lowest BCUT2D eigenvalue weighted by atomic mass is 10.1. The van der Waals surface area contributed by atoms with Gasteiger partial charge < -0.3 is 9.55 Å². The highest BCUT2D eigenvalue weighted by molar-refractivity contribution is 7.89. The second-order valence-electron chi connectivity index (χ2n) is 7.16. The van der Waals surface area contributed by atoms with Gasteiger partial charge in [-0.05, 0) is 43.2 Å². The summed E-state index contributed by atoms with van der Waals surface area (Å²) >= 11 is 0. The molecule has 1 aromatic carbocycles. The molecule has 9 heteroatoms. The van der Waals surface area contributed by atoms with Crippen molar-refractivity contribution in [3.63, 3.8) is 0 Å². The highest BCUT2D eigenvalue weighted by atomic mass is 32.2. The van der Waals surface area contributed by atoms with E-state index in [0.717, 1.165) is 22.1 Å². The van der Waals surface area contributed by atoms with Crippen LogP contribution in [0.1, 0.15) is 24.4 Å². The second-order valence-corrected chi connectivity index (χ2v) is 9.09. The Bertz CT molecular complexity index is 1340. The number of benzene rings is 1. The van der Waals surface area contributed by atoms with Gasteiger partial charge in [0.25, 0.3) is 0 Å². The van der Waals surface area contributed by atoms with Crippen LogP contribution < -0.4 is 0 Å². The molecule has 1 fully saturated rings. The van der Waals surface area contributed by atoms with Crippen LogP contribution in [0, 0.1) is 11.3 Å². The molecule has 5 rings (SSSR count). The summed E-state index contributed by atoms with van der Waals surface area (Å²) in [5.41, 5.74) is 3.13. The quantitative estimate of drug-likeness (QED) is 0.563. The average Bonchev–Trinajstić information content (AvgIpc) is 3.40. The highest BCUT2D eigenvalue weighted by Gasteiger charge is 2.30. The van der Waals surface area contributed by atoms with Crippen molar-refractivity contribution in [2.24, 2.45) is 0 Å². The predicted octanol–water partition coefficient (Wildman–Crippen LogP) is 2.81. The van der Waals surface area contributed by atoms with Gasteiger partial charge in [-0.3, -0.25) is 0 Å². The molecule has 0 aliphatic carbocycles. The summed E-state index contributed by atoms with van der Waals surface area (Å²) in [4.78, 5) is 12.2. The van der Waals surface area contributed by atoms with Crippen LogP contribution in [0.4, 0.5) is 0 Å². The number of sulfonamides is 1. The number of hydrogen-bond acceptors (Lipinski definition) is 5. The zero-order valence-corrected chi connectivity index (χ0v) is 16.3. The van der Waals surface area contributed by atoms with Gasteiger partial charge in [0.15, 0.2) is 0 Å². The van der Waals surface area contributed by atoms with Crippen LogP contribution in [-0.2, 0) is 10.0 Å². The first-order valence-electron chi connectivity index (χ1n) is 9.37. The normalized spacial score (nSPS) is 16.4. The molecule has 0 bridgehead atoms. The summed E-state index contributed by atoms with van der Waals surface area (Å²) in [6, 6.07) is 10.2. The number of imidazole rings is 1. The molecule has 4 aromatic rings. The first kappa shape index (κ1) is 17.8. The smallest absolute Gasteiger partial charge is 0.243 e. The monoisotopic (exact) mass is 406 g/mol. The van der Waals surface area contributed by atoms with Crippen molar-refractivity contribution < 1.29 is 8.42 Å². The summed E-state index contributed by atoms with van der Waals surface area (Å²) in [5, 5.41) is 9.92. The molecule has 8 nitrogen and oxygen atoms in total. The number of rotatable bonds is 3. The van der Waals surface area contributed by atoms with Crippen molar-refractivity contribution >= 4 is 32.1 Å². The molecule has 0 spiro atoms. The van der Waals surface area contributed by atoms with E-state index in [1.165, 1.54) is 28.6 Å². The number of pyridine rings is 1. The van der Waals surface area contributed by atoms with Gasteiger partial charge in [0.2, 0.25) is 10.0 Å². The fourth-order valence-corrected chi connectivity index (χ4v) is 5.49. The van der Waals surface area contributed by atoms with Gasteiger partial charge in [-0.1, -0.05) is 0 Å². The fourth-order valence-electron chi connectivity index (χ4n) is 4.02. The topological polar surface area (TPSA) is 108 Å². The Kier molecular flexibility index (Phi) is 4.12. The van der Waals surface area contributed by atoms with Crippen LogP contribution >= 0.6 is 0 Å². The van der Waals surface area contributed by atoms with Crippen LogP contribution in [0.3, 0.4) is 0 Å². The molecule has 4 heterocycles. The van der Waals surface area contributed by atoms with E-state index in [1.807, 2.05) is 24.7 Å². The molecule has 1 saturated heterocycles. The van der Waals surface area contributed by atoms with Gasteiger partial charge in [-0.25, -0.2) is 18.4 Å². The van der Waals surface area contributed by atoms with E-state index < -0.39 is 10.0 Å². The van der Waals surface area contributed by atoms with Crippen molar-refractivity contribution in [1.82, 2.24) is 23.8 Å². The van der Waals surface area contributed by atoms with E-state index in [1.54, 1.807) is 6.20 Å². The Labute approximate surface area is 167 Å². The van der Waals surface area contributed by atoms with E-state index in [-0.39, 0.29) is 10.9 Å². The molecule has 0 radical (unpaired) electrons. The van der Waals surface area contributed by atoms with E-state index >= 15 is 0 Å². The first-order chi connectivity index (χ1) is 14.1. The molecular weight excluding hydrogens is 388 g/mol. The summed E-state index contributed by atoms with van der Waals surface area (Å²) in [7, 11) is -3.56. The van der Waals surface area contributed by atoms with Gasteiger partial charge in [-0.15, -0.1) is 0 Å². The van der Waals surface area contributed by atoms with Crippen LogP contribution in [-0.4, -0.2) is 45.3 Å². The summed E-state index contributed by atoms with van der Waals surface area (Å²) in [6.07, 6.45) is 6.86. The second kappa shape index (κ2) is 6.69. The molecule has 0 amide bonds. The molecule has 146 valence electrons. The summed E-state index contributed by atoms with van der Waals surface area (Å²) in [5.74, 6) is 0. The maximum Gasteiger partial charge on any atom is 0.243 e. The summed E-state index contributed by atoms with van der Waals surface area (Å²) in [6.45, 7) is 0.877. The predicted molar refractivity (Wildman–Crippen MR) is 108 cm³/mol. The van der Waals surface area contributed by atoms with Gasteiger partial charge >= 0.3 is 0 Å². The standard InChI is InChI=1S/C20H18N6O2S/c21-11-14-1-3-16(4-2-14)29(27,28)25-9-6-15(7-10-25)26-13-24-18-12-23-20-17(19(18)26)5-8-22-20/h1-5,8,12-13,15H,6-7,9-10H2,(H,22,23). The molecule has 29 heavy (non-hydrogen) atoms.